The SMILES string of the molecule is OC1(c2nc(C3CC4CCC3O4)no2)CCNC1. The molecule has 0 saturated carbocycles. The van der Waals surface area contributed by atoms with Crippen LogP contribution in [0.25, 0.3) is 0 Å². The Morgan fingerprint density at radius 2 is 2.33 bits per heavy atom. The van der Waals surface area contributed by atoms with E-state index in [1.165, 1.54) is 0 Å². The minimum atomic E-state index is -0.982. The van der Waals surface area contributed by atoms with Crippen molar-refractivity contribution in [3.8, 4) is 0 Å². The molecule has 0 aromatic carbocycles. The first kappa shape index (κ1) is 10.9. The van der Waals surface area contributed by atoms with Crippen molar-refractivity contribution in [2.45, 2.75) is 49.4 Å². The molecule has 0 aliphatic carbocycles. The molecule has 1 aromatic heterocycles. The quantitative estimate of drug-likeness (QED) is 0.786. The van der Waals surface area contributed by atoms with Crippen molar-refractivity contribution in [3.05, 3.63) is 11.7 Å². The van der Waals surface area contributed by atoms with Crippen molar-refractivity contribution in [3.63, 3.8) is 0 Å². The van der Waals surface area contributed by atoms with Crippen LogP contribution in [0.15, 0.2) is 4.52 Å². The third-order valence-electron chi connectivity index (χ3n) is 4.41. The number of β-amino-alcohol motifs (C(OH)–C–C–N with tert-alkyl or cyclic N) is 1. The summed E-state index contributed by atoms with van der Waals surface area (Å²) in [6, 6.07) is 0. The molecule has 4 unspecified atom stereocenters. The van der Waals surface area contributed by atoms with E-state index in [2.05, 4.69) is 15.5 Å². The second-order valence-electron chi connectivity index (χ2n) is 5.63. The number of rotatable bonds is 2. The van der Waals surface area contributed by atoms with Gasteiger partial charge in [-0.3, -0.25) is 0 Å². The first-order valence-corrected chi connectivity index (χ1v) is 6.67. The van der Waals surface area contributed by atoms with E-state index < -0.39 is 5.60 Å². The summed E-state index contributed by atoms with van der Waals surface area (Å²) >= 11 is 0. The van der Waals surface area contributed by atoms with Gasteiger partial charge in [-0.05, 0) is 32.2 Å². The topological polar surface area (TPSA) is 80.4 Å². The number of nitrogens with one attached hydrogen (secondary N) is 1. The summed E-state index contributed by atoms with van der Waals surface area (Å²) in [7, 11) is 0. The van der Waals surface area contributed by atoms with E-state index in [-0.39, 0.29) is 12.0 Å². The van der Waals surface area contributed by atoms with Crippen LogP contribution in [0.4, 0.5) is 0 Å². The lowest BCUT2D eigenvalue weighted by molar-refractivity contribution is 0.0243. The summed E-state index contributed by atoms with van der Waals surface area (Å²) in [5.74, 6) is 1.31. The van der Waals surface area contributed by atoms with Crippen molar-refractivity contribution in [1.29, 1.82) is 0 Å². The minimum absolute atomic E-state index is 0.247. The Bertz CT molecular complexity index is 455. The van der Waals surface area contributed by atoms with Gasteiger partial charge in [-0.25, -0.2) is 0 Å². The minimum Gasteiger partial charge on any atom is -0.379 e. The lowest BCUT2D eigenvalue weighted by Gasteiger charge is -2.16. The molecule has 3 saturated heterocycles. The molecule has 2 bridgehead atoms. The van der Waals surface area contributed by atoms with Crippen LogP contribution in [0.2, 0.25) is 0 Å². The zero-order valence-corrected chi connectivity index (χ0v) is 10.1. The van der Waals surface area contributed by atoms with Crippen molar-refractivity contribution in [1.82, 2.24) is 15.5 Å². The van der Waals surface area contributed by atoms with Gasteiger partial charge in [-0.1, -0.05) is 5.16 Å². The molecular formula is C12H17N3O3. The lowest BCUT2D eigenvalue weighted by atomic mass is 9.89. The van der Waals surface area contributed by atoms with Crippen molar-refractivity contribution >= 4 is 0 Å². The predicted octanol–water partition coefficient (Wildman–Crippen LogP) is 0.285. The fraction of sp³-hybridized carbons (Fsp3) is 0.833. The van der Waals surface area contributed by atoms with Gasteiger partial charge in [0.1, 0.15) is 0 Å². The molecule has 4 heterocycles. The van der Waals surface area contributed by atoms with Gasteiger partial charge in [0.15, 0.2) is 11.4 Å². The number of ether oxygens (including phenoxy) is 1. The van der Waals surface area contributed by atoms with Gasteiger partial charge < -0.3 is 19.7 Å². The molecule has 3 aliphatic rings. The maximum absolute atomic E-state index is 10.4. The number of hydrogen-bond acceptors (Lipinski definition) is 6. The first-order chi connectivity index (χ1) is 8.74. The van der Waals surface area contributed by atoms with Crippen LogP contribution >= 0.6 is 0 Å². The number of hydrogen-bond donors (Lipinski definition) is 2. The molecule has 3 fully saturated rings. The van der Waals surface area contributed by atoms with E-state index >= 15 is 0 Å². The van der Waals surface area contributed by atoms with Crippen molar-refractivity contribution in [2.24, 2.45) is 0 Å². The highest BCUT2D eigenvalue weighted by atomic mass is 16.5. The van der Waals surface area contributed by atoms with Gasteiger partial charge in [0, 0.05) is 6.54 Å². The normalized spacial score (nSPS) is 42.8. The maximum atomic E-state index is 10.4. The van der Waals surface area contributed by atoms with E-state index in [9.17, 15) is 5.11 Å². The fourth-order valence-corrected chi connectivity index (χ4v) is 3.35. The van der Waals surface area contributed by atoms with Crippen LogP contribution < -0.4 is 5.32 Å². The molecule has 0 amide bonds. The van der Waals surface area contributed by atoms with Crippen molar-refractivity contribution < 1.29 is 14.4 Å². The molecule has 0 radical (unpaired) electrons. The van der Waals surface area contributed by atoms with Crippen LogP contribution in [0.1, 0.15) is 43.3 Å². The molecule has 0 spiro atoms. The molecule has 18 heavy (non-hydrogen) atoms. The van der Waals surface area contributed by atoms with E-state index in [0.29, 0.717) is 30.8 Å². The van der Waals surface area contributed by atoms with E-state index in [4.69, 9.17) is 9.26 Å². The summed E-state index contributed by atoms with van der Waals surface area (Å²) in [4.78, 5) is 4.42. The predicted molar refractivity (Wildman–Crippen MR) is 60.9 cm³/mol. The van der Waals surface area contributed by atoms with Gasteiger partial charge in [0.2, 0.25) is 0 Å². The number of fused-ring (bicyclic) bond motifs is 2. The third kappa shape index (κ3) is 1.52. The number of aliphatic hydroxyl groups is 1. The van der Waals surface area contributed by atoms with Gasteiger partial charge in [-0.2, -0.15) is 4.98 Å². The smallest absolute Gasteiger partial charge is 0.259 e. The maximum Gasteiger partial charge on any atom is 0.259 e. The zero-order valence-electron chi connectivity index (χ0n) is 10.1. The second-order valence-corrected chi connectivity index (χ2v) is 5.63. The Hall–Kier alpha value is -0.980. The summed E-state index contributed by atoms with van der Waals surface area (Å²) in [6.07, 6.45) is 4.47. The Morgan fingerprint density at radius 1 is 1.39 bits per heavy atom. The summed E-state index contributed by atoms with van der Waals surface area (Å²) in [6.45, 7) is 1.27. The van der Waals surface area contributed by atoms with Gasteiger partial charge in [0.05, 0.1) is 18.1 Å². The highest BCUT2D eigenvalue weighted by Crippen LogP contribution is 2.43. The molecule has 4 atom stereocenters. The van der Waals surface area contributed by atoms with E-state index in [0.717, 1.165) is 25.8 Å². The molecule has 6 heteroatoms. The van der Waals surface area contributed by atoms with Crippen molar-refractivity contribution in [2.75, 3.05) is 13.1 Å². The standard InChI is InChI=1S/C12H17N3O3/c16-12(3-4-13-6-12)11-14-10(15-18-11)8-5-7-1-2-9(8)17-7/h7-9,13,16H,1-6H2. The molecule has 1 aromatic rings. The van der Waals surface area contributed by atoms with E-state index in [1.54, 1.807) is 0 Å². The summed E-state index contributed by atoms with van der Waals surface area (Å²) < 4.78 is 11.1. The van der Waals surface area contributed by atoms with Crippen LogP contribution in [0, 0.1) is 0 Å². The number of nitrogens with zero attached hydrogens (tertiary/aromatic N) is 2. The van der Waals surface area contributed by atoms with Gasteiger partial charge >= 0.3 is 0 Å². The highest BCUT2D eigenvalue weighted by Gasteiger charge is 2.45. The molecule has 3 aliphatic heterocycles. The molecule has 4 rings (SSSR count). The Kier molecular flexibility index (Phi) is 2.27. The van der Waals surface area contributed by atoms with E-state index in [1.807, 2.05) is 0 Å². The highest BCUT2D eigenvalue weighted by molar-refractivity contribution is 5.10. The third-order valence-corrected chi connectivity index (χ3v) is 4.41. The molecule has 98 valence electrons. The largest absolute Gasteiger partial charge is 0.379 e. The molecule has 6 nitrogen and oxygen atoms in total. The van der Waals surface area contributed by atoms with Crippen LogP contribution in [0.3, 0.4) is 0 Å². The Morgan fingerprint density at radius 3 is 3.00 bits per heavy atom. The fourth-order valence-electron chi connectivity index (χ4n) is 3.35. The van der Waals surface area contributed by atoms with Crippen LogP contribution in [-0.4, -0.2) is 40.5 Å². The summed E-state index contributed by atoms with van der Waals surface area (Å²) in [5.41, 5.74) is -0.982. The molecular weight excluding hydrogens is 234 g/mol. The Labute approximate surface area is 105 Å². The average molecular weight is 251 g/mol. The van der Waals surface area contributed by atoms with Crippen LogP contribution in [0.5, 0.6) is 0 Å². The Balaban J connectivity index is 1.58. The van der Waals surface area contributed by atoms with Crippen LogP contribution in [-0.2, 0) is 10.3 Å². The zero-order chi connectivity index (χ0) is 12.2. The van der Waals surface area contributed by atoms with Gasteiger partial charge in [-0.15, -0.1) is 0 Å². The average Bonchev–Trinajstić information content (AvgIpc) is 3.13. The lowest BCUT2D eigenvalue weighted by Crippen LogP contribution is -2.28. The summed E-state index contributed by atoms with van der Waals surface area (Å²) in [5, 5.41) is 17.5. The molecule has 2 N–H and O–H groups in total. The van der Waals surface area contributed by atoms with Gasteiger partial charge in [0.25, 0.3) is 5.89 Å². The monoisotopic (exact) mass is 251 g/mol. The first-order valence-electron chi connectivity index (χ1n) is 6.67. The number of aromatic nitrogens is 2. The second kappa shape index (κ2) is 3.76.